The average molecular weight is 453 g/mol. The standard InChI is InChI=1S/C28H24N2O4/c1-29-26(25(20-10-3-2-4-11-20)22-13-7-8-14-23(22)27(29)32)28(33)34-18-24(31)30-16-15-19-9-5-6-12-21(19)17-30/h2-14H,15-18H2,1H3. The number of aromatic nitrogens is 1. The highest BCUT2D eigenvalue weighted by molar-refractivity contribution is 6.07. The van der Waals surface area contributed by atoms with Crippen molar-refractivity contribution in [1.29, 1.82) is 0 Å². The monoisotopic (exact) mass is 452 g/mol. The molecule has 0 saturated heterocycles. The molecule has 0 bridgehead atoms. The molecule has 0 unspecified atom stereocenters. The van der Waals surface area contributed by atoms with Gasteiger partial charge in [-0.15, -0.1) is 0 Å². The van der Waals surface area contributed by atoms with Gasteiger partial charge in [-0.2, -0.15) is 0 Å². The maximum atomic E-state index is 13.3. The molecule has 0 fully saturated rings. The predicted octanol–water partition coefficient (Wildman–Crippen LogP) is 3.95. The summed E-state index contributed by atoms with van der Waals surface area (Å²) in [5.74, 6) is -0.954. The van der Waals surface area contributed by atoms with Gasteiger partial charge in [0.05, 0.1) is 0 Å². The minimum Gasteiger partial charge on any atom is -0.451 e. The van der Waals surface area contributed by atoms with E-state index in [-0.39, 0.29) is 23.8 Å². The van der Waals surface area contributed by atoms with Gasteiger partial charge in [0, 0.05) is 31.1 Å². The van der Waals surface area contributed by atoms with E-state index in [4.69, 9.17) is 4.74 Å². The fourth-order valence-electron chi connectivity index (χ4n) is 4.60. The molecule has 170 valence electrons. The van der Waals surface area contributed by atoms with Gasteiger partial charge in [0.25, 0.3) is 11.5 Å². The van der Waals surface area contributed by atoms with Gasteiger partial charge in [0.15, 0.2) is 6.61 Å². The number of benzene rings is 3. The molecule has 4 aromatic rings. The van der Waals surface area contributed by atoms with Crippen LogP contribution in [0.2, 0.25) is 0 Å². The number of pyridine rings is 1. The summed E-state index contributed by atoms with van der Waals surface area (Å²) < 4.78 is 6.80. The number of rotatable bonds is 4. The molecular weight excluding hydrogens is 428 g/mol. The van der Waals surface area contributed by atoms with Crippen molar-refractivity contribution in [2.24, 2.45) is 7.05 Å². The summed E-state index contributed by atoms with van der Waals surface area (Å²) in [7, 11) is 1.56. The third kappa shape index (κ3) is 3.88. The highest BCUT2D eigenvalue weighted by Gasteiger charge is 2.25. The Labute approximate surface area is 197 Å². The lowest BCUT2D eigenvalue weighted by atomic mass is 9.97. The van der Waals surface area contributed by atoms with Crippen molar-refractivity contribution in [1.82, 2.24) is 9.47 Å². The van der Waals surface area contributed by atoms with E-state index in [1.54, 1.807) is 24.1 Å². The number of hydrogen-bond donors (Lipinski definition) is 0. The Morgan fingerprint density at radius 2 is 1.50 bits per heavy atom. The van der Waals surface area contributed by atoms with Crippen molar-refractivity contribution in [3.05, 3.63) is 106 Å². The Hall–Kier alpha value is -4.19. The number of fused-ring (bicyclic) bond motifs is 2. The molecule has 0 spiro atoms. The van der Waals surface area contributed by atoms with Crippen LogP contribution >= 0.6 is 0 Å². The van der Waals surface area contributed by atoms with Crippen LogP contribution in [-0.4, -0.2) is 34.5 Å². The lowest BCUT2D eigenvalue weighted by molar-refractivity contribution is -0.135. The van der Waals surface area contributed by atoms with Crippen LogP contribution in [0.1, 0.15) is 21.6 Å². The van der Waals surface area contributed by atoms with Crippen molar-refractivity contribution in [3.8, 4) is 11.1 Å². The van der Waals surface area contributed by atoms with Crippen LogP contribution in [0, 0.1) is 0 Å². The molecule has 3 aromatic carbocycles. The third-order valence-corrected chi connectivity index (χ3v) is 6.37. The Morgan fingerprint density at radius 3 is 2.26 bits per heavy atom. The van der Waals surface area contributed by atoms with Crippen molar-refractivity contribution in [3.63, 3.8) is 0 Å². The van der Waals surface area contributed by atoms with E-state index >= 15 is 0 Å². The lowest BCUT2D eigenvalue weighted by Crippen LogP contribution is -2.39. The average Bonchev–Trinajstić information content (AvgIpc) is 2.89. The van der Waals surface area contributed by atoms with Gasteiger partial charge in [-0.1, -0.05) is 72.8 Å². The Kier molecular flexibility index (Phi) is 5.72. The fraction of sp³-hybridized carbons (Fsp3) is 0.179. The first-order valence-electron chi connectivity index (χ1n) is 11.2. The maximum absolute atomic E-state index is 13.3. The molecule has 1 amide bonds. The molecule has 0 atom stereocenters. The summed E-state index contributed by atoms with van der Waals surface area (Å²) in [6.07, 6.45) is 0.771. The van der Waals surface area contributed by atoms with E-state index in [0.717, 1.165) is 17.5 Å². The minimum atomic E-state index is -0.699. The number of carbonyl (C=O) groups is 2. The second-order valence-corrected chi connectivity index (χ2v) is 8.41. The molecule has 6 nitrogen and oxygen atoms in total. The Morgan fingerprint density at radius 1 is 0.853 bits per heavy atom. The van der Waals surface area contributed by atoms with E-state index < -0.39 is 5.97 Å². The van der Waals surface area contributed by atoms with Crippen molar-refractivity contribution < 1.29 is 14.3 Å². The summed E-state index contributed by atoms with van der Waals surface area (Å²) in [4.78, 5) is 40.9. The molecule has 0 N–H and O–H groups in total. The Bertz CT molecular complexity index is 1460. The van der Waals surface area contributed by atoms with Gasteiger partial charge in [0.2, 0.25) is 0 Å². The largest absolute Gasteiger partial charge is 0.451 e. The quantitative estimate of drug-likeness (QED) is 0.440. The van der Waals surface area contributed by atoms with E-state index in [2.05, 4.69) is 6.07 Å². The number of ether oxygens (including phenoxy) is 1. The van der Waals surface area contributed by atoms with Crippen LogP contribution in [0.5, 0.6) is 0 Å². The molecule has 1 aliphatic rings. The van der Waals surface area contributed by atoms with E-state index in [0.29, 0.717) is 29.4 Å². The zero-order valence-corrected chi connectivity index (χ0v) is 18.9. The smallest absolute Gasteiger partial charge is 0.356 e. The molecule has 6 heteroatoms. The molecule has 2 heterocycles. The predicted molar refractivity (Wildman–Crippen MR) is 130 cm³/mol. The lowest BCUT2D eigenvalue weighted by Gasteiger charge is -2.28. The second kappa shape index (κ2) is 8.98. The minimum absolute atomic E-state index is 0.131. The number of esters is 1. The topological polar surface area (TPSA) is 68.6 Å². The highest BCUT2D eigenvalue weighted by Crippen LogP contribution is 2.31. The summed E-state index contributed by atoms with van der Waals surface area (Å²) >= 11 is 0. The van der Waals surface area contributed by atoms with E-state index in [1.165, 1.54) is 10.1 Å². The molecule has 1 aromatic heterocycles. The van der Waals surface area contributed by atoms with Gasteiger partial charge in [-0.05, 0) is 34.6 Å². The summed E-state index contributed by atoms with van der Waals surface area (Å²) in [5.41, 5.74) is 3.59. The molecule has 0 saturated carbocycles. The van der Waals surface area contributed by atoms with E-state index in [1.807, 2.05) is 60.7 Å². The molecule has 0 radical (unpaired) electrons. The molecule has 5 rings (SSSR count). The van der Waals surface area contributed by atoms with Crippen LogP contribution in [-0.2, 0) is 29.5 Å². The van der Waals surface area contributed by atoms with Gasteiger partial charge in [-0.3, -0.25) is 9.59 Å². The Balaban J connectivity index is 1.45. The number of hydrogen-bond acceptors (Lipinski definition) is 4. The van der Waals surface area contributed by atoms with Crippen molar-refractivity contribution in [2.75, 3.05) is 13.2 Å². The van der Waals surface area contributed by atoms with Crippen LogP contribution in [0.25, 0.3) is 21.9 Å². The zero-order valence-electron chi connectivity index (χ0n) is 18.9. The SMILES string of the molecule is Cn1c(C(=O)OCC(=O)N2CCc3ccccc3C2)c(-c2ccccc2)c2ccccc2c1=O. The van der Waals surface area contributed by atoms with Crippen molar-refractivity contribution in [2.45, 2.75) is 13.0 Å². The van der Waals surface area contributed by atoms with Gasteiger partial charge < -0.3 is 14.2 Å². The second-order valence-electron chi connectivity index (χ2n) is 8.41. The van der Waals surface area contributed by atoms with Crippen LogP contribution < -0.4 is 5.56 Å². The first-order chi connectivity index (χ1) is 16.5. The first kappa shape index (κ1) is 21.6. The molecule has 0 aliphatic carbocycles. The van der Waals surface area contributed by atoms with Gasteiger partial charge >= 0.3 is 5.97 Å². The van der Waals surface area contributed by atoms with Crippen LogP contribution in [0.4, 0.5) is 0 Å². The number of carbonyl (C=O) groups excluding carboxylic acids is 2. The fourth-order valence-corrected chi connectivity index (χ4v) is 4.60. The zero-order chi connectivity index (χ0) is 23.7. The van der Waals surface area contributed by atoms with E-state index in [9.17, 15) is 14.4 Å². The van der Waals surface area contributed by atoms with Gasteiger partial charge in [-0.25, -0.2) is 4.79 Å². The summed E-state index contributed by atoms with van der Waals surface area (Å²) in [5, 5.41) is 1.19. The summed E-state index contributed by atoms with van der Waals surface area (Å²) in [6, 6.07) is 24.7. The molecule has 1 aliphatic heterocycles. The third-order valence-electron chi connectivity index (χ3n) is 6.37. The van der Waals surface area contributed by atoms with Crippen molar-refractivity contribution >= 4 is 22.6 Å². The molecular formula is C28H24N2O4. The first-order valence-corrected chi connectivity index (χ1v) is 11.2. The summed E-state index contributed by atoms with van der Waals surface area (Å²) in [6.45, 7) is 0.698. The number of nitrogens with zero attached hydrogens (tertiary/aromatic N) is 2. The normalized spacial score (nSPS) is 12.9. The van der Waals surface area contributed by atoms with Crippen LogP contribution in [0.15, 0.2) is 83.7 Å². The number of amides is 1. The highest BCUT2D eigenvalue weighted by atomic mass is 16.5. The van der Waals surface area contributed by atoms with Crippen LogP contribution in [0.3, 0.4) is 0 Å². The molecule has 34 heavy (non-hydrogen) atoms. The van der Waals surface area contributed by atoms with Gasteiger partial charge in [0.1, 0.15) is 5.69 Å². The maximum Gasteiger partial charge on any atom is 0.356 e.